The van der Waals surface area contributed by atoms with Gasteiger partial charge in [-0.15, -0.1) is 0 Å². The van der Waals surface area contributed by atoms with E-state index in [1.807, 2.05) is 0 Å². The molecule has 0 radical (unpaired) electrons. The minimum absolute atomic E-state index is 0.216. The first-order chi connectivity index (χ1) is 8.83. The van der Waals surface area contributed by atoms with Crippen molar-refractivity contribution in [1.29, 1.82) is 0 Å². The van der Waals surface area contributed by atoms with E-state index in [9.17, 15) is 4.21 Å². The summed E-state index contributed by atoms with van der Waals surface area (Å²) in [4.78, 5) is 0. The average Bonchev–Trinajstić information content (AvgIpc) is 2.45. The van der Waals surface area contributed by atoms with Gasteiger partial charge in [0.15, 0.2) is 0 Å². The Bertz CT molecular complexity index is 267. The molecule has 18 heavy (non-hydrogen) atoms. The highest BCUT2D eigenvalue weighted by molar-refractivity contribution is 7.86. The molecule has 1 N–H and O–H groups in total. The summed E-state index contributed by atoms with van der Waals surface area (Å²) in [5, 5.41) is 4.21. The lowest BCUT2D eigenvalue weighted by molar-refractivity contribution is 0.0817. The van der Waals surface area contributed by atoms with Crippen molar-refractivity contribution in [3.63, 3.8) is 0 Å². The SMILES string of the molecule is CCCNC1CCOCC1S(=O)C1CCCCC1. The van der Waals surface area contributed by atoms with Gasteiger partial charge in [0.2, 0.25) is 0 Å². The van der Waals surface area contributed by atoms with Gasteiger partial charge in [-0.2, -0.15) is 0 Å². The highest BCUT2D eigenvalue weighted by Crippen LogP contribution is 2.26. The highest BCUT2D eigenvalue weighted by atomic mass is 32.2. The highest BCUT2D eigenvalue weighted by Gasteiger charge is 2.34. The minimum atomic E-state index is -0.714. The van der Waals surface area contributed by atoms with Gasteiger partial charge in [0.1, 0.15) is 0 Å². The van der Waals surface area contributed by atoms with Gasteiger partial charge in [-0.3, -0.25) is 4.21 Å². The quantitative estimate of drug-likeness (QED) is 0.835. The van der Waals surface area contributed by atoms with E-state index in [1.54, 1.807) is 0 Å². The third-order valence-corrected chi connectivity index (χ3v) is 6.33. The Morgan fingerprint density at radius 1 is 1.22 bits per heavy atom. The number of hydrogen-bond acceptors (Lipinski definition) is 3. The monoisotopic (exact) mass is 273 g/mol. The van der Waals surface area contributed by atoms with E-state index < -0.39 is 10.8 Å². The molecule has 1 saturated heterocycles. The largest absolute Gasteiger partial charge is 0.380 e. The van der Waals surface area contributed by atoms with E-state index in [2.05, 4.69) is 12.2 Å². The van der Waals surface area contributed by atoms with Gasteiger partial charge < -0.3 is 10.1 Å². The third kappa shape index (κ3) is 3.78. The van der Waals surface area contributed by atoms with E-state index in [4.69, 9.17) is 4.74 Å². The molecule has 1 aliphatic heterocycles. The van der Waals surface area contributed by atoms with Crippen LogP contribution in [0.4, 0.5) is 0 Å². The zero-order valence-electron chi connectivity index (χ0n) is 11.5. The minimum Gasteiger partial charge on any atom is -0.380 e. The summed E-state index contributed by atoms with van der Waals surface area (Å²) in [6.45, 7) is 4.71. The maximum absolute atomic E-state index is 12.7. The molecule has 3 nitrogen and oxygen atoms in total. The van der Waals surface area contributed by atoms with Gasteiger partial charge in [-0.1, -0.05) is 26.2 Å². The molecule has 0 bridgehead atoms. The van der Waals surface area contributed by atoms with Gasteiger partial charge in [0.05, 0.1) is 11.9 Å². The van der Waals surface area contributed by atoms with Crippen molar-refractivity contribution in [2.75, 3.05) is 19.8 Å². The van der Waals surface area contributed by atoms with Crippen molar-refractivity contribution in [2.24, 2.45) is 0 Å². The Morgan fingerprint density at radius 3 is 2.72 bits per heavy atom. The van der Waals surface area contributed by atoms with Crippen molar-refractivity contribution in [1.82, 2.24) is 5.32 Å². The van der Waals surface area contributed by atoms with Crippen molar-refractivity contribution >= 4 is 10.8 Å². The molecular weight excluding hydrogens is 246 g/mol. The first-order valence-corrected chi connectivity index (χ1v) is 8.81. The van der Waals surface area contributed by atoms with Crippen LogP contribution in [0.2, 0.25) is 0 Å². The van der Waals surface area contributed by atoms with Crippen LogP contribution in [0.5, 0.6) is 0 Å². The van der Waals surface area contributed by atoms with Gasteiger partial charge in [0.25, 0.3) is 0 Å². The van der Waals surface area contributed by atoms with Crippen LogP contribution in [-0.2, 0) is 15.5 Å². The molecule has 0 aromatic rings. The average molecular weight is 273 g/mol. The smallest absolute Gasteiger partial charge is 0.0738 e. The molecule has 106 valence electrons. The van der Waals surface area contributed by atoms with E-state index in [0.29, 0.717) is 17.9 Å². The van der Waals surface area contributed by atoms with Crippen LogP contribution in [0, 0.1) is 0 Å². The Balaban J connectivity index is 1.91. The molecule has 1 saturated carbocycles. The summed E-state index contributed by atoms with van der Waals surface area (Å²) in [6, 6.07) is 0.404. The molecule has 3 atom stereocenters. The molecule has 2 fully saturated rings. The Labute approximate surface area is 114 Å². The molecule has 2 rings (SSSR count). The molecule has 4 heteroatoms. The van der Waals surface area contributed by atoms with Crippen LogP contribution in [-0.4, -0.2) is 40.5 Å². The predicted molar refractivity (Wildman–Crippen MR) is 76.3 cm³/mol. The molecule has 0 aromatic carbocycles. The number of nitrogens with one attached hydrogen (secondary N) is 1. The number of ether oxygens (including phenoxy) is 1. The van der Waals surface area contributed by atoms with E-state index in [-0.39, 0.29) is 5.25 Å². The normalized spacial score (nSPS) is 32.3. The fourth-order valence-corrected chi connectivity index (χ4v) is 5.13. The molecule has 3 unspecified atom stereocenters. The summed E-state index contributed by atoms with van der Waals surface area (Å²) >= 11 is 0. The second-order valence-corrected chi connectivity index (χ2v) is 7.48. The fraction of sp³-hybridized carbons (Fsp3) is 1.00. The second-order valence-electron chi connectivity index (χ2n) is 5.55. The number of hydrogen-bond donors (Lipinski definition) is 1. The van der Waals surface area contributed by atoms with Crippen LogP contribution in [0.25, 0.3) is 0 Å². The maximum atomic E-state index is 12.7. The van der Waals surface area contributed by atoms with Crippen LogP contribution in [0.3, 0.4) is 0 Å². The van der Waals surface area contributed by atoms with Crippen molar-refractivity contribution in [3.8, 4) is 0 Å². The standard InChI is InChI=1S/C14H27NO2S/c1-2-9-15-13-8-10-17-11-14(13)18(16)12-6-4-3-5-7-12/h12-15H,2-11H2,1H3. The van der Waals surface area contributed by atoms with Crippen molar-refractivity contribution in [2.45, 2.75) is 68.4 Å². The van der Waals surface area contributed by atoms with Gasteiger partial charge in [-0.25, -0.2) is 0 Å². The molecule has 2 aliphatic rings. The molecule has 0 aromatic heterocycles. The maximum Gasteiger partial charge on any atom is 0.0738 e. The predicted octanol–water partition coefficient (Wildman–Crippen LogP) is 2.22. The van der Waals surface area contributed by atoms with E-state index in [1.165, 1.54) is 19.3 Å². The van der Waals surface area contributed by atoms with Crippen LogP contribution in [0.1, 0.15) is 51.9 Å². The van der Waals surface area contributed by atoms with E-state index >= 15 is 0 Å². The molecule has 1 aliphatic carbocycles. The lowest BCUT2D eigenvalue weighted by Crippen LogP contribution is -2.50. The van der Waals surface area contributed by atoms with Crippen molar-refractivity contribution < 1.29 is 8.95 Å². The van der Waals surface area contributed by atoms with Crippen LogP contribution >= 0.6 is 0 Å². The van der Waals surface area contributed by atoms with Gasteiger partial charge >= 0.3 is 0 Å². The van der Waals surface area contributed by atoms with Gasteiger partial charge in [0, 0.05) is 28.7 Å². The summed E-state index contributed by atoms with van der Waals surface area (Å²) in [7, 11) is -0.714. The Hall–Kier alpha value is 0.0700. The first kappa shape index (κ1) is 14.5. The van der Waals surface area contributed by atoms with Crippen LogP contribution < -0.4 is 5.32 Å². The molecular formula is C14H27NO2S. The molecule has 0 spiro atoms. The fourth-order valence-electron chi connectivity index (χ4n) is 3.05. The Morgan fingerprint density at radius 2 is 2.00 bits per heavy atom. The van der Waals surface area contributed by atoms with Gasteiger partial charge in [-0.05, 0) is 32.2 Å². The Kier molecular flexibility index (Phi) is 6.12. The summed E-state index contributed by atoms with van der Waals surface area (Å²) in [5.74, 6) is 0. The number of rotatable bonds is 5. The zero-order valence-corrected chi connectivity index (χ0v) is 12.3. The second kappa shape index (κ2) is 7.61. The van der Waals surface area contributed by atoms with Crippen molar-refractivity contribution in [3.05, 3.63) is 0 Å². The van der Waals surface area contributed by atoms with E-state index in [0.717, 1.165) is 38.8 Å². The lowest BCUT2D eigenvalue weighted by Gasteiger charge is -2.35. The molecule has 0 amide bonds. The topological polar surface area (TPSA) is 38.3 Å². The lowest BCUT2D eigenvalue weighted by atomic mass is 10.0. The summed E-state index contributed by atoms with van der Waals surface area (Å²) in [6.07, 6.45) is 8.32. The molecule has 1 heterocycles. The zero-order chi connectivity index (χ0) is 12.8. The van der Waals surface area contributed by atoms with Crippen LogP contribution in [0.15, 0.2) is 0 Å². The summed E-state index contributed by atoms with van der Waals surface area (Å²) < 4.78 is 18.3. The summed E-state index contributed by atoms with van der Waals surface area (Å²) in [5.41, 5.74) is 0. The third-order valence-electron chi connectivity index (χ3n) is 4.14. The first-order valence-electron chi connectivity index (χ1n) is 7.53.